The highest BCUT2D eigenvalue weighted by molar-refractivity contribution is 9.10. The van der Waals surface area contributed by atoms with Crippen LogP contribution in [0.15, 0.2) is 10.7 Å². The van der Waals surface area contributed by atoms with E-state index in [0.29, 0.717) is 24.8 Å². The van der Waals surface area contributed by atoms with Crippen LogP contribution in [-0.4, -0.2) is 46.1 Å². The van der Waals surface area contributed by atoms with Gasteiger partial charge in [-0.2, -0.15) is 5.10 Å². The first-order chi connectivity index (χ1) is 8.61. The molecular weight excluding hydrogens is 296 g/mol. The predicted octanol–water partition coefficient (Wildman–Crippen LogP) is 1.27. The third kappa shape index (κ3) is 2.99. The Morgan fingerprint density at radius 2 is 2.22 bits per heavy atom. The number of hydrogen-bond donors (Lipinski definition) is 1. The molecule has 0 aliphatic carbocycles. The Labute approximate surface area is 115 Å². The van der Waals surface area contributed by atoms with Gasteiger partial charge in [-0.05, 0) is 35.7 Å². The average molecular weight is 315 g/mol. The van der Waals surface area contributed by atoms with Crippen LogP contribution >= 0.6 is 15.9 Å². The fourth-order valence-electron chi connectivity index (χ4n) is 2.27. The van der Waals surface area contributed by atoms with Crippen LogP contribution < -0.4 is 5.73 Å². The second-order valence-electron chi connectivity index (χ2n) is 4.69. The lowest BCUT2D eigenvalue weighted by molar-refractivity contribution is 0.0898. The van der Waals surface area contributed by atoms with E-state index in [0.717, 1.165) is 30.4 Å². The number of carbonyl (C=O) groups is 1. The van der Waals surface area contributed by atoms with E-state index >= 15 is 0 Å². The van der Waals surface area contributed by atoms with Crippen LogP contribution in [0.3, 0.4) is 0 Å². The Hall–Kier alpha value is -0.720. The molecule has 2 N–H and O–H groups in total. The van der Waals surface area contributed by atoms with E-state index in [4.69, 9.17) is 5.73 Å². The SMILES string of the molecule is CCn1ncc(Br)c1C(=O)CN1CCC(N)CC1. The van der Waals surface area contributed by atoms with Crippen LogP contribution in [0.4, 0.5) is 0 Å². The molecular formula is C12H19BrN4O. The summed E-state index contributed by atoms with van der Waals surface area (Å²) < 4.78 is 2.52. The van der Waals surface area contributed by atoms with Gasteiger partial charge >= 0.3 is 0 Å². The van der Waals surface area contributed by atoms with E-state index in [9.17, 15) is 4.79 Å². The van der Waals surface area contributed by atoms with Crippen molar-refractivity contribution in [2.45, 2.75) is 32.4 Å². The highest BCUT2D eigenvalue weighted by Crippen LogP contribution is 2.18. The number of ketones is 1. The number of halogens is 1. The molecule has 6 heteroatoms. The normalized spacial score (nSPS) is 18.2. The molecule has 18 heavy (non-hydrogen) atoms. The second-order valence-corrected chi connectivity index (χ2v) is 5.55. The number of aromatic nitrogens is 2. The zero-order chi connectivity index (χ0) is 13.1. The molecule has 5 nitrogen and oxygen atoms in total. The lowest BCUT2D eigenvalue weighted by Gasteiger charge is -2.29. The maximum absolute atomic E-state index is 12.3. The summed E-state index contributed by atoms with van der Waals surface area (Å²) >= 11 is 3.39. The zero-order valence-electron chi connectivity index (χ0n) is 10.6. The van der Waals surface area contributed by atoms with Gasteiger partial charge in [-0.15, -0.1) is 0 Å². The number of nitrogens with two attached hydrogens (primary N) is 1. The molecule has 0 amide bonds. The third-order valence-corrected chi connectivity index (χ3v) is 3.94. The second kappa shape index (κ2) is 5.95. The first-order valence-electron chi connectivity index (χ1n) is 6.34. The molecule has 0 unspecified atom stereocenters. The lowest BCUT2D eigenvalue weighted by Crippen LogP contribution is -2.42. The van der Waals surface area contributed by atoms with Crippen LogP contribution in [0, 0.1) is 0 Å². The molecule has 1 fully saturated rings. The number of aryl methyl sites for hydroxylation is 1. The van der Waals surface area contributed by atoms with E-state index in [1.165, 1.54) is 0 Å². The van der Waals surface area contributed by atoms with Crippen LogP contribution in [0.5, 0.6) is 0 Å². The van der Waals surface area contributed by atoms with Crippen molar-refractivity contribution in [2.75, 3.05) is 19.6 Å². The molecule has 1 aromatic heterocycles. The Balaban J connectivity index is 2.01. The summed E-state index contributed by atoms with van der Waals surface area (Å²) in [5.74, 6) is 0.122. The number of Topliss-reactive ketones (excluding diaryl/α,β-unsaturated/α-hetero) is 1. The molecule has 1 aromatic rings. The highest BCUT2D eigenvalue weighted by Gasteiger charge is 2.22. The average Bonchev–Trinajstić information content (AvgIpc) is 2.73. The number of nitrogens with zero attached hydrogens (tertiary/aromatic N) is 3. The number of rotatable bonds is 4. The molecule has 0 radical (unpaired) electrons. The van der Waals surface area contributed by atoms with Gasteiger partial charge < -0.3 is 5.73 Å². The summed E-state index contributed by atoms with van der Waals surface area (Å²) in [6, 6.07) is 0.296. The first-order valence-corrected chi connectivity index (χ1v) is 7.13. The van der Waals surface area contributed by atoms with Gasteiger partial charge in [0.05, 0.1) is 17.2 Å². The molecule has 0 atom stereocenters. The number of hydrogen-bond acceptors (Lipinski definition) is 4. The Kier molecular flexibility index (Phi) is 4.53. The summed E-state index contributed by atoms with van der Waals surface area (Å²) in [5.41, 5.74) is 6.53. The Morgan fingerprint density at radius 3 is 2.83 bits per heavy atom. The molecule has 0 bridgehead atoms. The molecule has 1 saturated heterocycles. The topological polar surface area (TPSA) is 64.2 Å². The van der Waals surface area contributed by atoms with Gasteiger partial charge in [-0.1, -0.05) is 0 Å². The maximum Gasteiger partial charge on any atom is 0.195 e. The monoisotopic (exact) mass is 314 g/mol. The minimum absolute atomic E-state index is 0.122. The van der Waals surface area contributed by atoms with Gasteiger partial charge in [0, 0.05) is 25.7 Å². The van der Waals surface area contributed by atoms with Gasteiger partial charge in [0.2, 0.25) is 0 Å². The first kappa shape index (κ1) is 13.7. The fraction of sp³-hybridized carbons (Fsp3) is 0.667. The predicted molar refractivity (Wildman–Crippen MR) is 73.6 cm³/mol. The van der Waals surface area contributed by atoms with Gasteiger partial charge in [0.25, 0.3) is 0 Å². The molecule has 0 spiro atoms. The van der Waals surface area contributed by atoms with Crippen LogP contribution in [-0.2, 0) is 6.54 Å². The molecule has 1 aliphatic rings. The minimum Gasteiger partial charge on any atom is -0.328 e. The van der Waals surface area contributed by atoms with Crippen molar-refractivity contribution >= 4 is 21.7 Å². The van der Waals surface area contributed by atoms with Crippen LogP contribution in [0.1, 0.15) is 30.3 Å². The molecule has 1 aliphatic heterocycles. The van der Waals surface area contributed by atoms with Crippen molar-refractivity contribution in [1.29, 1.82) is 0 Å². The Morgan fingerprint density at radius 1 is 1.56 bits per heavy atom. The van der Waals surface area contributed by atoms with Gasteiger partial charge in [-0.25, -0.2) is 0 Å². The number of carbonyl (C=O) groups excluding carboxylic acids is 1. The van der Waals surface area contributed by atoms with Crippen molar-refractivity contribution in [3.05, 3.63) is 16.4 Å². The van der Waals surface area contributed by atoms with Gasteiger partial charge in [0.15, 0.2) is 5.78 Å². The minimum atomic E-state index is 0.122. The largest absolute Gasteiger partial charge is 0.328 e. The maximum atomic E-state index is 12.3. The summed E-state index contributed by atoms with van der Waals surface area (Å²) in [6.45, 7) is 4.96. The number of piperidine rings is 1. The van der Waals surface area contributed by atoms with E-state index < -0.39 is 0 Å². The summed E-state index contributed by atoms with van der Waals surface area (Å²) in [4.78, 5) is 14.5. The van der Waals surface area contributed by atoms with E-state index in [-0.39, 0.29) is 5.78 Å². The van der Waals surface area contributed by atoms with E-state index in [2.05, 4.69) is 25.9 Å². The van der Waals surface area contributed by atoms with E-state index in [1.54, 1.807) is 10.9 Å². The summed E-state index contributed by atoms with van der Waals surface area (Å²) in [5, 5.41) is 4.17. The molecule has 100 valence electrons. The molecule has 0 aromatic carbocycles. The molecule has 0 saturated carbocycles. The quantitative estimate of drug-likeness (QED) is 0.850. The standard InChI is InChI=1S/C12H19BrN4O/c1-2-17-12(10(13)7-15-17)11(18)8-16-5-3-9(14)4-6-16/h7,9H,2-6,8,14H2,1H3. The van der Waals surface area contributed by atoms with Gasteiger partial charge in [-0.3, -0.25) is 14.4 Å². The Bertz CT molecular complexity index is 424. The van der Waals surface area contributed by atoms with Crippen molar-refractivity contribution in [3.63, 3.8) is 0 Å². The van der Waals surface area contributed by atoms with Crippen LogP contribution in [0.2, 0.25) is 0 Å². The zero-order valence-corrected chi connectivity index (χ0v) is 12.2. The van der Waals surface area contributed by atoms with Crippen molar-refractivity contribution in [3.8, 4) is 0 Å². The fourth-order valence-corrected chi connectivity index (χ4v) is 2.79. The van der Waals surface area contributed by atoms with Crippen LogP contribution in [0.25, 0.3) is 0 Å². The number of likely N-dealkylation sites (tertiary alicyclic amines) is 1. The van der Waals surface area contributed by atoms with Crippen molar-refractivity contribution < 1.29 is 4.79 Å². The molecule has 2 heterocycles. The van der Waals surface area contributed by atoms with Crippen molar-refractivity contribution in [1.82, 2.24) is 14.7 Å². The van der Waals surface area contributed by atoms with E-state index in [1.807, 2.05) is 6.92 Å². The lowest BCUT2D eigenvalue weighted by atomic mass is 10.1. The van der Waals surface area contributed by atoms with Gasteiger partial charge in [0.1, 0.15) is 5.69 Å². The van der Waals surface area contributed by atoms with Crippen molar-refractivity contribution in [2.24, 2.45) is 5.73 Å². The smallest absolute Gasteiger partial charge is 0.195 e. The summed E-state index contributed by atoms with van der Waals surface area (Å²) in [7, 11) is 0. The highest BCUT2D eigenvalue weighted by atomic mass is 79.9. The summed E-state index contributed by atoms with van der Waals surface area (Å²) in [6.07, 6.45) is 3.63. The molecule has 2 rings (SSSR count). The third-order valence-electron chi connectivity index (χ3n) is 3.36.